The number of ether oxygens (including phenoxy) is 1. The van der Waals surface area contributed by atoms with Gasteiger partial charge in [-0.05, 0) is 18.1 Å². The van der Waals surface area contributed by atoms with Gasteiger partial charge in [0.25, 0.3) is 0 Å². The number of benzene rings is 1. The molecule has 1 atom stereocenters. The van der Waals surface area contributed by atoms with Crippen molar-refractivity contribution in [3.63, 3.8) is 0 Å². The van der Waals surface area contributed by atoms with Gasteiger partial charge in [-0.15, -0.1) is 0 Å². The smallest absolute Gasteiger partial charge is 0.326 e. The van der Waals surface area contributed by atoms with Crippen molar-refractivity contribution in [2.45, 2.75) is 26.3 Å². The molecule has 0 aliphatic heterocycles. The second kappa shape index (κ2) is 7.47. The third-order valence-corrected chi connectivity index (χ3v) is 2.64. The maximum atomic E-state index is 12.9. The average molecular weight is 283 g/mol. The molecule has 0 bridgehead atoms. The zero-order valence-corrected chi connectivity index (χ0v) is 11.4. The first-order valence-electron chi connectivity index (χ1n) is 6.30. The van der Waals surface area contributed by atoms with E-state index in [1.165, 1.54) is 18.2 Å². The van der Waals surface area contributed by atoms with Gasteiger partial charge < -0.3 is 15.2 Å². The van der Waals surface area contributed by atoms with Crippen LogP contribution in [0.15, 0.2) is 24.3 Å². The van der Waals surface area contributed by atoms with Crippen LogP contribution in [-0.4, -0.2) is 29.6 Å². The molecule has 0 radical (unpaired) electrons. The Morgan fingerprint density at radius 3 is 2.65 bits per heavy atom. The van der Waals surface area contributed by atoms with E-state index < -0.39 is 23.7 Å². The Morgan fingerprint density at radius 2 is 2.10 bits per heavy atom. The standard InChI is InChI=1S/C14H18FNO4/c1-9(2)13(14(18)19)16-12(17)6-7-20-11-5-3-4-10(15)8-11/h3-5,8-9,13H,6-7H2,1-2H3,(H,16,17)(H,18,19)/t13-/m0/s1. The van der Waals surface area contributed by atoms with Gasteiger partial charge in [-0.25, -0.2) is 9.18 Å². The summed E-state index contributed by atoms with van der Waals surface area (Å²) in [5.74, 6) is -1.78. The molecule has 0 heterocycles. The van der Waals surface area contributed by atoms with E-state index in [2.05, 4.69) is 5.32 Å². The Kier molecular flexibility index (Phi) is 5.96. The van der Waals surface area contributed by atoms with Crippen molar-refractivity contribution in [1.29, 1.82) is 0 Å². The van der Waals surface area contributed by atoms with Gasteiger partial charge in [-0.2, -0.15) is 0 Å². The van der Waals surface area contributed by atoms with Crippen LogP contribution in [0.4, 0.5) is 4.39 Å². The van der Waals surface area contributed by atoms with Crippen LogP contribution in [0.25, 0.3) is 0 Å². The highest BCUT2D eigenvalue weighted by Gasteiger charge is 2.23. The fourth-order valence-electron chi connectivity index (χ4n) is 1.58. The summed E-state index contributed by atoms with van der Waals surface area (Å²) in [5, 5.41) is 11.4. The molecule has 6 heteroatoms. The monoisotopic (exact) mass is 283 g/mol. The molecular weight excluding hydrogens is 265 g/mol. The van der Waals surface area contributed by atoms with E-state index in [-0.39, 0.29) is 18.9 Å². The minimum atomic E-state index is -1.07. The molecule has 2 N–H and O–H groups in total. The average Bonchev–Trinajstić information content (AvgIpc) is 2.35. The van der Waals surface area contributed by atoms with Gasteiger partial charge in [0, 0.05) is 6.07 Å². The Hall–Kier alpha value is -2.11. The lowest BCUT2D eigenvalue weighted by Gasteiger charge is -2.17. The first-order chi connectivity index (χ1) is 9.40. The molecule has 5 nitrogen and oxygen atoms in total. The number of hydrogen-bond donors (Lipinski definition) is 2. The highest BCUT2D eigenvalue weighted by atomic mass is 19.1. The molecule has 0 aliphatic carbocycles. The summed E-state index contributed by atoms with van der Waals surface area (Å²) in [6.45, 7) is 3.48. The van der Waals surface area contributed by atoms with Gasteiger partial charge in [0.05, 0.1) is 13.0 Å². The molecule has 0 saturated heterocycles. The van der Waals surface area contributed by atoms with Crippen LogP contribution < -0.4 is 10.1 Å². The summed E-state index contributed by atoms with van der Waals surface area (Å²) in [5.41, 5.74) is 0. The number of nitrogens with one attached hydrogen (secondary N) is 1. The Balaban J connectivity index is 2.38. The summed E-state index contributed by atoms with van der Waals surface area (Å²) in [7, 11) is 0. The fraction of sp³-hybridized carbons (Fsp3) is 0.429. The topological polar surface area (TPSA) is 75.6 Å². The lowest BCUT2D eigenvalue weighted by Crippen LogP contribution is -2.44. The van der Waals surface area contributed by atoms with Crippen molar-refractivity contribution in [2.75, 3.05) is 6.61 Å². The molecule has 1 aromatic rings. The molecule has 0 fully saturated rings. The molecule has 0 spiro atoms. The van der Waals surface area contributed by atoms with Gasteiger partial charge in [-0.1, -0.05) is 19.9 Å². The summed E-state index contributed by atoms with van der Waals surface area (Å²) >= 11 is 0. The van der Waals surface area contributed by atoms with E-state index in [1.54, 1.807) is 19.9 Å². The SMILES string of the molecule is CC(C)[C@H](NC(=O)CCOc1cccc(F)c1)C(=O)O. The molecule has 0 aliphatic rings. The van der Waals surface area contributed by atoms with E-state index in [0.717, 1.165) is 0 Å². The molecular formula is C14H18FNO4. The normalized spacial score (nSPS) is 12.0. The van der Waals surface area contributed by atoms with Crippen molar-refractivity contribution in [2.24, 2.45) is 5.92 Å². The minimum Gasteiger partial charge on any atom is -0.493 e. The first-order valence-corrected chi connectivity index (χ1v) is 6.30. The minimum absolute atomic E-state index is 0.00696. The van der Waals surface area contributed by atoms with Crippen molar-refractivity contribution in [3.8, 4) is 5.75 Å². The van der Waals surface area contributed by atoms with Crippen molar-refractivity contribution in [1.82, 2.24) is 5.32 Å². The zero-order valence-electron chi connectivity index (χ0n) is 11.4. The van der Waals surface area contributed by atoms with E-state index in [9.17, 15) is 14.0 Å². The lowest BCUT2D eigenvalue weighted by atomic mass is 10.0. The highest BCUT2D eigenvalue weighted by Crippen LogP contribution is 2.12. The van der Waals surface area contributed by atoms with Crippen LogP contribution >= 0.6 is 0 Å². The number of hydrogen-bond acceptors (Lipinski definition) is 3. The second-order valence-electron chi connectivity index (χ2n) is 4.68. The maximum absolute atomic E-state index is 12.9. The van der Waals surface area contributed by atoms with Crippen LogP contribution in [0, 0.1) is 11.7 Å². The number of halogens is 1. The molecule has 1 rings (SSSR count). The number of carbonyl (C=O) groups is 2. The molecule has 20 heavy (non-hydrogen) atoms. The van der Waals surface area contributed by atoms with Crippen LogP contribution in [0.1, 0.15) is 20.3 Å². The summed E-state index contributed by atoms with van der Waals surface area (Å²) in [4.78, 5) is 22.5. The van der Waals surface area contributed by atoms with E-state index in [1.807, 2.05) is 0 Å². The number of rotatable bonds is 7. The second-order valence-corrected chi connectivity index (χ2v) is 4.68. The number of aliphatic carboxylic acids is 1. The molecule has 1 amide bonds. The van der Waals surface area contributed by atoms with E-state index in [0.29, 0.717) is 5.75 Å². The number of carboxylic acid groups (broad SMARTS) is 1. The summed E-state index contributed by atoms with van der Waals surface area (Å²) in [6.07, 6.45) is 0.00696. The first kappa shape index (κ1) is 15.9. The van der Waals surface area contributed by atoms with Crippen LogP contribution in [0.2, 0.25) is 0 Å². The Labute approximate surface area is 116 Å². The third-order valence-electron chi connectivity index (χ3n) is 2.64. The fourth-order valence-corrected chi connectivity index (χ4v) is 1.58. The molecule has 0 aromatic heterocycles. The van der Waals surface area contributed by atoms with Gasteiger partial charge in [0.15, 0.2) is 0 Å². The third kappa shape index (κ3) is 5.26. The van der Waals surface area contributed by atoms with Crippen molar-refractivity contribution >= 4 is 11.9 Å². The summed E-state index contributed by atoms with van der Waals surface area (Å²) in [6, 6.07) is 4.67. The molecule has 110 valence electrons. The molecule has 0 unspecified atom stereocenters. The van der Waals surface area contributed by atoms with Gasteiger partial charge in [0.1, 0.15) is 17.6 Å². The van der Waals surface area contributed by atoms with Crippen molar-refractivity contribution < 1.29 is 23.8 Å². The quantitative estimate of drug-likeness (QED) is 0.800. The lowest BCUT2D eigenvalue weighted by molar-refractivity contribution is -0.143. The number of carboxylic acids is 1. The Bertz CT molecular complexity index is 476. The highest BCUT2D eigenvalue weighted by molar-refractivity contribution is 5.83. The van der Waals surface area contributed by atoms with Crippen LogP contribution in [0.3, 0.4) is 0 Å². The Morgan fingerprint density at radius 1 is 1.40 bits per heavy atom. The number of amides is 1. The van der Waals surface area contributed by atoms with Gasteiger partial charge >= 0.3 is 5.97 Å². The zero-order chi connectivity index (χ0) is 15.1. The number of carbonyl (C=O) groups excluding carboxylic acids is 1. The molecule has 1 aromatic carbocycles. The van der Waals surface area contributed by atoms with Crippen LogP contribution in [0.5, 0.6) is 5.75 Å². The molecule has 0 saturated carbocycles. The maximum Gasteiger partial charge on any atom is 0.326 e. The predicted octanol–water partition coefficient (Wildman–Crippen LogP) is 1.82. The summed E-state index contributed by atoms with van der Waals surface area (Å²) < 4.78 is 18.1. The largest absolute Gasteiger partial charge is 0.493 e. The van der Waals surface area contributed by atoms with E-state index >= 15 is 0 Å². The van der Waals surface area contributed by atoms with Crippen molar-refractivity contribution in [3.05, 3.63) is 30.1 Å². The van der Waals surface area contributed by atoms with Crippen LogP contribution in [-0.2, 0) is 9.59 Å². The van der Waals surface area contributed by atoms with Gasteiger partial charge in [0.2, 0.25) is 5.91 Å². The van der Waals surface area contributed by atoms with Gasteiger partial charge in [-0.3, -0.25) is 4.79 Å². The predicted molar refractivity (Wildman–Crippen MR) is 70.9 cm³/mol. The van der Waals surface area contributed by atoms with E-state index in [4.69, 9.17) is 9.84 Å².